The summed E-state index contributed by atoms with van der Waals surface area (Å²) in [7, 11) is -1.87. The van der Waals surface area contributed by atoms with Crippen LogP contribution in [0.2, 0.25) is 18.1 Å². The van der Waals surface area contributed by atoms with Crippen molar-refractivity contribution in [1.29, 1.82) is 0 Å². The first-order chi connectivity index (χ1) is 17.4. The zero-order valence-electron chi connectivity index (χ0n) is 26.4. The number of allylic oxidation sites excluding steroid dienone is 3. The van der Waals surface area contributed by atoms with Crippen molar-refractivity contribution in [2.45, 2.75) is 143 Å². The lowest BCUT2D eigenvalue weighted by Crippen LogP contribution is -2.56. The molecule has 0 aromatic rings. The molecule has 3 rings (SSSR count). The van der Waals surface area contributed by atoms with Crippen molar-refractivity contribution in [3.8, 4) is 0 Å². The van der Waals surface area contributed by atoms with Gasteiger partial charge in [0.1, 0.15) is 6.10 Å². The van der Waals surface area contributed by atoms with Gasteiger partial charge in [-0.15, -0.1) is 0 Å². The zero-order chi connectivity index (χ0) is 28.7. The first-order valence-corrected chi connectivity index (χ1v) is 18.5. The summed E-state index contributed by atoms with van der Waals surface area (Å²) in [4.78, 5) is 0. The fraction of sp³-hybridized carbons (Fsp3) is 0.824. The Kier molecular flexibility index (Phi) is 9.77. The van der Waals surface area contributed by atoms with Crippen molar-refractivity contribution in [3.63, 3.8) is 0 Å². The van der Waals surface area contributed by atoms with Crippen LogP contribution in [-0.4, -0.2) is 36.3 Å². The highest BCUT2D eigenvalue weighted by Gasteiger charge is 2.59. The van der Waals surface area contributed by atoms with E-state index in [1.54, 1.807) is 0 Å². The minimum Gasteiger partial charge on any atom is -0.414 e. The molecule has 0 aromatic heterocycles. The third-order valence-electron chi connectivity index (χ3n) is 11.5. The molecule has 0 amide bonds. The lowest BCUT2D eigenvalue weighted by molar-refractivity contribution is -0.155. The first-order valence-electron chi connectivity index (χ1n) is 15.6. The van der Waals surface area contributed by atoms with E-state index in [2.05, 4.69) is 87.2 Å². The van der Waals surface area contributed by atoms with E-state index in [-0.39, 0.29) is 22.5 Å². The second-order valence-corrected chi connectivity index (χ2v) is 20.2. The van der Waals surface area contributed by atoms with E-state index < -0.39 is 20.0 Å². The van der Waals surface area contributed by atoms with Gasteiger partial charge in [-0.25, -0.2) is 0 Å². The molecule has 38 heavy (non-hydrogen) atoms. The lowest BCUT2D eigenvalue weighted by atomic mass is 9.56. The summed E-state index contributed by atoms with van der Waals surface area (Å²) in [6.07, 6.45) is 13.7. The Bertz CT molecular complexity index is 896. The Morgan fingerprint density at radius 2 is 1.71 bits per heavy atom. The Hall–Kier alpha value is -0.683. The maximum absolute atomic E-state index is 12.2. The average Bonchev–Trinajstić information content (AvgIpc) is 3.16. The highest BCUT2D eigenvalue weighted by Crippen LogP contribution is 2.61. The summed E-state index contributed by atoms with van der Waals surface area (Å²) in [5, 5.41) is 24.0. The fourth-order valence-corrected chi connectivity index (χ4v) is 8.89. The van der Waals surface area contributed by atoms with Gasteiger partial charge in [-0.3, -0.25) is 0 Å². The smallest absolute Gasteiger partial charge is 0.192 e. The molecular formula is C34H60O3Si. The molecule has 0 radical (unpaired) electrons. The van der Waals surface area contributed by atoms with Gasteiger partial charge in [-0.1, -0.05) is 79.7 Å². The van der Waals surface area contributed by atoms with Gasteiger partial charge in [0.2, 0.25) is 0 Å². The SMILES string of the molecule is C=C1CC[C@@H](O[Si](C)(C)C(C)(C)C)C/C1=C/[C@@H](O)[C@]1(O)CCC[C@]2(C)[C@@H]([C@H](C)/C=C/[C@H](C)C(C)C)CC[C@H]21. The van der Waals surface area contributed by atoms with Crippen molar-refractivity contribution in [1.82, 2.24) is 0 Å². The van der Waals surface area contributed by atoms with Gasteiger partial charge in [-0.2, -0.15) is 0 Å². The van der Waals surface area contributed by atoms with E-state index in [1.807, 2.05) is 6.08 Å². The molecule has 0 heterocycles. The van der Waals surface area contributed by atoms with Crippen molar-refractivity contribution < 1.29 is 14.6 Å². The molecule has 0 aliphatic heterocycles. The van der Waals surface area contributed by atoms with E-state index in [9.17, 15) is 10.2 Å². The predicted octanol–water partition coefficient (Wildman–Crippen LogP) is 8.84. The summed E-state index contributed by atoms with van der Waals surface area (Å²) in [6.45, 7) is 27.5. The molecule has 4 heteroatoms. The van der Waals surface area contributed by atoms with Gasteiger partial charge in [0, 0.05) is 6.10 Å². The van der Waals surface area contributed by atoms with Crippen LogP contribution in [0, 0.1) is 35.0 Å². The van der Waals surface area contributed by atoms with Crippen LogP contribution >= 0.6 is 0 Å². The van der Waals surface area contributed by atoms with E-state index >= 15 is 0 Å². The molecule has 8 atom stereocenters. The Labute approximate surface area is 236 Å². The zero-order valence-corrected chi connectivity index (χ0v) is 27.4. The van der Waals surface area contributed by atoms with E-state index in [1.165, 1.54) is 0 Å². The second kappa shape index (κ2) is 11.7. The molecule has 2 N–H and O–H groups in total. The van der Waals surface area contributed by atoms with Crippen molar-refractivity contribution in [2.75, 3.05) is 0 Å². The Balaban J connectivity index is 1.78. The molecule has 3 aliphatic carbocycles. The van der Waals surface area contributed by atoms with Crippen LogP contribution in [0.1, 0.15) is 107 Å². The van der Waals surface area contributed by atoms with Crippen molar-refractivity contribution >= 4 is 8.32 Å². The van der Waals surface area contributed by atoms with Crippen LogP contribution < -0.4 is 0 Å². The van der Waals surface area contributed by atoms with Crippen molar-refractivity contribution in [2.24, 2.45) is 35.0 Å². The lowest BCUT2D eigenvalue weighted by Gasteiger charge is -2.52. The van der Waals surface area contributed by atoms with Crippen LogP contribution in [0.25, 0.3) is 0 Å². The Morgan fingerprint density at radius 1 is 1.05 bits per heavy atom. The van der Waals surface area contributed by atoms with Crippen LogP contribution in [-0.2, 0) is 4.43 Å². The van der Waals surface area contributed by atoms with Gasteiger partial charge in [0.05, 0.1) is 5.60 Å². The third kappa shape index (κ3) is 6.45. The maximum atomic E-state index is 12.2. The quantitative estimate of drug-likeness (QED) is 0.237. The summed E-state index contributed by atoms with van der Waals surface area (Å²) in [5.41, 5.74) is 1.18. The number of aliphatic hydroxyl groups is 2. The van der Waals surface area contributed by atoms with Crippen LogP contribution in [0.5, 0.6) is 0 Å². The molecule has 0 bridgehead atoms. The third-order valence-corrected chi connectivity index (χ3v) is 16.1. The summed E-state index contributed by atoms with van der Waals surface area (Å²) in [5.74, 6) is 2.37. The van der Waals surface area contributed by atoms with Crippen LogP contribution in [0.4, 0.5) is 0 Å². The molecule has 3 fully saturated rings. The monoisotopic (exact) mass is 544 g/mol. The molecule has 218 valence electrons. The van der Waals surface area contributed by atoms with E-state index in [0.717, 1.165) is 56.1 Å². The highest BCUT2D eigenvalue weighted by atomic mass is 28.4. The number of rotatable bonds is 8. The summed E-state index contributed by atoms with van der Waals surface area (Å²) in [6, 6.07) is 0. The van der Waals surface area contributed by atoms with Gasteiger partial charge >= 0.3 is 0 Å². The number of aliphatic hydroxyl groups excluding tert-OH is 1. The molecule has 0 aromatic carbocycles. The molecule has 0 unspecified atom stereocenters. The fourth-order valence-electron chi connectivity index (χ4n) is 7.50. The maximum Gasteiger partial charge on any atom is 0.192 e. The molecule has 0 spiro atoms. The average molecular weight is 545 g/mol. The van der Waals surface area contributed by atoms with Gasteiger partial charge < -0.3 is 14.6 Å². The highest BCUT2D eigenvalue weighted by molar-refractivity contribution is 6.74. The van der Waals surface area contributed by atoms with Crippen LogP contribution in [0.3, 0.4) is 0 Å². The summed E-state index contributed by atoms with van der Waals surface area (Å²) >= 11 is 0. The Morgan fingerprint density at radius 3 is 2.32 bits per heavy atom. The summed E-state index contributed by atoms with van der Waals surface area (Å²) < 4.78 is 6.76. The van der Waals surface area contributed by atoms with Gasteiger partial charge in [-0.05, 0) is 116 Å². The van der Waals surface area contributed by atoms with Gasteiger partial charge in [0.15, 0.2) is 8.32 Å². The molecular weight excluding hydrogens is 484 g/mol. The first kappa shape index (κ1) is 31.8. The minimum absolute atomic E-state index is 0.0505. The van der Waals surface area contributed by atoms with Crippen LogP contribution in [0.15, 0.2) is 36.0 Å². The van der Waals surface area contributed by atoms with E-state index in [0.29, 0.717) is 30.1 Å². The molecule has 0 saturated heterocycles. The number of hydrogen-bond donors (Lipinski definition) is 2. The molecule has 3 saturated carbocycles. The topological polar surface area (TPSA) is 49.7 Å². The normalized spacial score (nSPS) is 36.6. The minimum atomic E-state index is -1.87. The van der Waals surface area contributed by atoms with Gasteiger partial charge in [0.25, 0.3) is 0 Å². The number of fused-ring (bicyclic) bond motifs is 1. The van der Waals surface area contributed by atoms with E-state index in [4.69, 9.17) is 4.43 Å². The van der Waals surface area contributed by atoms with Crippen molar-refractivity contribution in [3.05, 3.63) is 36.0 Å². The molecule has 3 nitrogen and oxygen atoms in total. The molecule has 3 aliphatic rings. The predicted molar refractivity (Wildman–Crippen MR) is 165 cm³/mol. The number of hydrogen-bond acceptors (Lipinski definition) is 3. The largest absolute Gasteiger partial charge is 0.414 e. The second-order valence-electron chi connectivity index (χ2n) is 15.4. The standard InChI is InChI=1S/C34H60O3Si/c1-23(2)24(3)13-14-26(5)29-17-18-30-33(29,9)19-12-20-34(30,36)31(35)22-27-21-28(16-15-25(27)4)37-38(10,11)32(6,7)8/h13-14,22-24,26,28-31,35-36H,4,12,15-21H2,1-3,5-11H3/b14-13+,27-22-/t24-,26+,28+,29+,30+,31+,33+,34-/m0/s1.